The fourth-order valence-corrected chi connectivity index (χ4v) is 4.65. The first-order valence-corrected chi connectivity index (χ1v) is 11.5. The van der Waals surface area contributed by atoms with Gasteiger partial charge in [0, 0.05) is 56.0 Å². The Hall–Kier alpha value is -3.78. The number of rotatable bonds is 4. The first-order valence-electron chi connectivity index (χ1n) is 11.5. The molecule has 0 aliphatic carbocycles. The van der Waals surface area contributed by atoms with Crippen LogP contribution in [0.5, 0.6) is 0 Å². The summed E-state index contributed by atoms with van der Waals surface area (Å²) >= 11 is 0. The summed E-state index contributed by atoms with van der Waals surface area (Å²) in [6.07, 6.45) is 2.13. The molecule has 0 unspecified atom stereocenters. The van der Waals surface area contributed by atoms with Gasteiger partial charge in [0.1, 0.15) is 23.7 Å². The van der Waals surface area contributed by atoms with Crippen molar-refractivity contribution in [3.05, 3.63) is 60.7 Å². The molecular weight excluding hydrogens is 433 g/mol. The third-order valence-electron chi connectivity index (χ3n) is 6.70. The van der Waals surface area contributed by atoms with Crippen LogP contribution in [0.15, 0.2) is 59.3 Å². The number of hydrogen-bond donors (Lipinski definition) is 0. The van der Waals surface area contributed by atoms with Crippen LogP contribution in [0.25, 0.3) is 33.6 Å². The number of fused-ring (bicyclic) bond motifs is 1. The summed E-state index contributed by atoms with van der Waals surface area (Å²) in [6.45, 7) is 4.33. The quantitative estimate of drug-likeness (QED) is 0.429. The largest absolute Gasteiger partial charge is 0.437 e. The molecule has 34 heavy (non-hydrogen) atoms. The Morgan fingerprint density at radius 1 is 0.882 bits per heavy atom. The Labute approximate surface area is 196 Å². The van der Waals surface area contributed by atoms with Gasteiger partial charge in [-0.25, -0.2) is 14.4 Å². The van der Waals surface area contributed by atoms with Crippen molar-refractivity contribution in [3.63, 3.8) is 0 Å². The van der Waals surface area contributed by atoms with Gasteiger partial charge in [0.2, 0.25) is 11.6 Å². The summed E-state index contributed by atoms with van der Waals surface area (Å²) in [6, 6.07) is 14.2. The zero-order chi connectivity index (χ0) is 23.2. The van der Waals surface area contributed by atoms with E-state index in [0.717, 1.165) is 66.3 Å². The van der Waals surface area contributed by atoms with Crippen molar-refractivity contribution in [2.24, 2.45) is 0 Å². The van der Waals surface area contributed by atoms with Gasteiger partial charge in [-0.05, 0) is 49.0 Å². The number of β-lactam (4-membered cyclic amide) rings is 1. The van der Waals surface area contributed by atoms with Crippen molar-refractivity contribution >= 4 is 28.5 Å². The zero-order valence-corrected chi connectivity index (χ0v) is 18.9. The van der Waals surface area contributed by atoms with Crippen molar-refractivity contribution < 1.29 is 13.6 Å². The summed E-state index contributed by atoms with van der Waals surface area (Å²) in [5, 5.41) is 0.829. The van der Waals surface area contributed by atoms with E-state index >= 15 is 0 Å². The Bertz CT molecular complexity index is 1360. The van der Waals surface area contributed by atoms with E-state index in [1.165, 1.54) is 18.5 Å². The third-order valence-corrected chi connectivity index (χ3v) is 6.70. The van der Waals surface area contributed by atoms with E-state index in [-0.39, 0.29) is 11.7 Å². The van der Waals surface area contributed by atoms with Gasteiger partial charge in [-0.3, -0.25) is 4.79 Å². The number of amides is 1. The summed E-state index contributed by atoms with van der Waals surface area (Å²) < 4.78 is 20.1. The molecule has 172 valence electrons. The highest BCUT2D eigenvalue weighted by atomic mass is 19.1. The Kier molecular flexibility index (Phi) is 5.03. The lowest BCUT2D eigenvalue weighted by molar-refractivity contribution is -0.122. The summed E-state index contributed by atoms with van der Waals surface area (Å²) in [4.78, 5) is 27.2. The Balaban J connectivity index is 1.51. The lowest BCUT2D eigenvalue weighted by Crippen LogP contribution is -2.44. The summed E-state index contributed by atoms with van der Waals surface area (Å²) in [5.41, 5.74) is 3.91. The van der Waals surface area contributed by atoms with Crippen LogP contribution in [-0.4, -0.2) is 60.5 Å². The lowest BCUT2D eigenvalue weighted by atomic mass is 9.98. The van der Waals surface area contributed by atoms with Gasteiger partial charge >= 0.3 is 0 Å². The second kappa shape index (κ2) is 8.22. The number of carbonyl (C=O) groups is 1. The fourth-order valence-electron chi connectivity index (χ4n) is 4.65. The molecule has 7 nitrogen and oxygen atoms in total. The molecule has 2 fully saturated rings. The number of furan rings is 1. The number of carbonyl (C=O) groups excluding carboxylic acids is 1. The molecule has 2 aromatic carbocycles. The van der Waals surface area contributed by atoms with Gasteiger partial charge in [-0.2, -0.15) is 0 Å². The highest BCUT2D eigenvalue weighted by molar-refractivity contribution is 6.06. The standard InChI is InChI=1S/C26H24FN5O2/c1-30-12-14-31(15-13-30)25-23-22(17-2-6-19(27)7-3-17)24(34-26(23)29-16-28-25)18-4-8-20(9-5-18)32-11-10-21(32)33/h2-9,16H,10-15H2,1H3. The number of piperazine rings is 1. The zero-order valence-electron chi connectivity index (χ0n) is 18.9. The molecule has 4 heterocycles. The van der Waals surface area contributed by atoms with Gasteiger partial charge in [0.25, 0.3) is 0 Å². The van der Waals surface area contributed by atoms with Gasteiger partial charge in [0.15, 0.2) is 0 Å². The molecule has 0 N–H and O–H groups in total. The molecule has 1 amide bonds. The number of aromatic nitrogens is 2. The molecule has 0 atom stereocenters. The fraction of sp³-hybridized carbons (Fsp3) is 0.269. The van der Waals surface area contributed by atoms with Crippen LogP contribution >= 0.6 is 0 Å². The van der Waals surface area contributed by atoms with E-state index < -0.39 is 0 Å². The molecule has 6 rings (SSSR count). The highest BCUT2D eigenvalue weighted by Crippen LogP contribution is 2.44. The molecule has 2 aliphatic rings. The van der Waals surface area contributed by atoms with E-state index in [1.807, 2.05) is 24.3 Å². The predicted octanol–water partition coefficient (Wildman–Crippen LogP) is 4.18. The average Bonchev–Trinajstić information content (AvgIpc) is 3.24. The van der Waals surface area contributed by atoms with Crippen LogP contribution in [0.2, 0.25) is 0 Å². The second-order valence-corrected chi connectivity index (χ2v) is 8.82. The third kappa shape index (κ3) is 3.51. The van der Waals surface area contributed by atoms with Gasteiger partial charge in [-0.15, -0.1) is 0 Å². The number of anilines is 2. The first-order chi connectivity index (χ1) is 16.6. The SMILES string of the molecule is CN1CCN(c2ncnc3oc(-c4ccc(N5CCC5=O)cc4)c(-c4ccc(F)cc4)c23)CC1. The molecule has 0 radical (unpaired) electrons. The first kappa shape index (κ1) is 20.8. The van der Waals surface area contributed by atoms with Crippen molar-refractivity contribution in [3.8, 4) is 22.5 Å². The van der Waals surface area contributed by atoms with E-state index in [4.69, 9.17) is 4.42 Å². The summed E-state index contributed by atoms with van der Waals surface area (Å²) in [5.74, 6) is 1.32. The topological polar surface area (TPSA) is 65.7 Å². The number of benzene rings is 2. The van der Waals surface area contributed by atoms with Crippen molar-refractivity contribution in [2.75, 3.05) is 49.6 Å². The van der Waals surface area contributed by atoms with Gasteiger partial charge < -0.3 is 19.1 Å². The maximum absolute atomic E-state index is 13.8. The van der Waals surface area contributed by atoms with Crippen LogP contribution in [0, 0.1) is 5.82 Å². The van der Waals surface area contributed by atoms with E-state index in [2.05, 4.69) is 26.8 Å². The van der Waals surface area contributed by atoms with Crippen molar-refractivity contribution in [1.82, 2.24) is 14.9 Å². The summed E-state index contributed by atoms with van der Waals surface area (Å²) in [7, 11) is 2.12. The molecule has 2 saturated heterocycles. The number of halogens is 1. The average molecular weight is 458 g/mol. The molecule has 2 aromatic heterocycles. The minimum atomic E-state index is -0.294. The Morgan fingerprint density at radius 2 is 1.59 bits per heavy atom. The maximum Gasteiger partial charge on any atom is 0.232 e. The molecule has 2 aliphatic heterocycles. The van der Waals surface area contributed by atoms with Gasteiger partial charge in [0.05, 0.1) is 5.39 Å². The molecule has 0 spiro atoms. The van der Waals surface area contributed by atoms with E-state index in [1.54, 1.807) is 17.0 Å². The smallest absolute Gasteiger partial charge is 0.232 e. The van der Waals surface area contributed by atoms with Crippen LogP contribution in [0.3, 0.4) is 0 Å². The van der Waals surface area contributed by atoms with Crippen LogP contribution in [0.4, 0.5) is 15.9 Å². The van der Waals surface area contributed by atoms with E-state index in [9.17, 15) is 9.18 Å². The predicted molar refractivity (Wildman–Crippen MR) is 129 cm³/mol. The minimum absolute atomic E-state index is 0.135. The minimum Gasteiger partial charge on any atom is -0.437 e. The number of hydrogen-bond acceptors (Lipinski definition) is 6. The maximum atomic E-state index is 13.8. The molecule has 8 heteroatoms. The molecule has 0 bridgehead atoms. The van der Waals surface area contributed by atoms with Crippen LogP contribution in [0.1, 0.15) is 6.42 Å². The van der Waals surface area contributed by atoms with E-state index in [0.29, 0.717) is 17.9 Å². The number of nitrogens with zero attached hydrogens (tertiary/aromatic N) is 5. The monoisotopic (exact) mass is 457 g/mol. The van der Waals surface area contributed by atoms with Crippen molar-refractivity contribution in [2.45, 2.75) is 6.42 Å². The van der Waals surface area contributed by atoms with Gasteiger partial charge in [-0.1, -0.05) is 12.1 Å². The van der Waals surface area contributed by atoms with Crippen LogP contribution in [-0.2, 0) is 4.79 Å². The molecule has 4 aromatic rings. The highest BCUT2D eigenvalue weighted by Gasteiger charge is 2.27. The molecular formula is C26H24FN5O2. The van der Waals surface area contributed by atoms with Crippen molar-refractivity contribution in [1.29, 1.82) is 0 Å². The molecule has 0 saturated carbocycles. The van der Waals surface area contributed by atoms with Crippen LogP contribution < -0.4 is 9.80 Å². The normalized spacial score (nSPS) is 16.8. The number of likely N-dealkylation sites (N-methyl/N-ethyl adjacent to an activating group) is 1. The second-order valence-electron chi connectivity index (χ2n) is 8.82. The lowest BCUT2D eigenvalue weighted by Gasteiger charge is -2.33. The Morgan fingerprint density at radius 3 is 2.24 bits per heavy atom.